The van der Waals surface area contributed by atoms with Gasteiger partial charge in [-0.2, -0.15) is 13.2 Å². The Morgan fingerprint density at radius 3 is 2.50 bits per heavy atom. The van der Waals surface area contributed by atoms with Crippen molar-refractivity contribution in [3.63, 3.8) is 0 Å². The third-order valence-corrected chi connectivity index (χ3v) is 3.62. The molecule has 1 heterocycles. The van der Waals surface area contributed by atoms with Gasteiger partial charge in [0.1, 0.15) is 5.76 Å². The van der Waals surface area contributed by atoms with Gasteiger partial charge in [-0.05, 0) is 18.6 Å². The van der Waals surface area contributed by atoms with E-state index in [9.17, 15) is 26.4 Å². The Balaban J connectivity index is 2.44. The monoisotopic (exact) mass is 315 g/mol. The lowest BCUT2D eigenvalue weighted by molar-refractivity contribution is -0.134. The fourth-order valence-electron chi connectivity index (χ4n) is 1.30. The summed E-state index contributed by atoms with van der Waals surface area (Å²) in [5.41, 5.74) is 0. The first kappa shape index (κ1) is 16.5. The van der Waals surface area contributed by atoms with Crippen LogP contribution in [0.3, 0.4) is 0 Å². The summed E-state index contributed by atoms with van der Waals surface area (Å²) < 4.78 is 65.2. The normalized spacial score (nSPS) is 12.6. The minimum atomic E-state index is -4.40. The Kier molecular flexibility index (Phi) is 5.17. The summed E-state index contributed by atoms with van der Waals surface area (Å²) in [5, 5.41) is 8.58. The number of nitrogens with one attached hydrogen (secondary N) is 1. The summed E-state index contributed by atoms with van der Waals surface area (Å²) in [6.07, 6.45) is -6.12. The number of sulfonamides is 1. The maximum Gasteiger partial charge on any atom is 0.389 e. The average Bonchev–Trinajstić information content (AvgIpc) is 2.73. The van der Waals surface area contributed by atoms with Gasteiger partial charge in [-0.3, -0.25) is 0 Å². The number of rotatable bonds is 7. The zero-order valence-corrected chi connectivity index (χ0v) is 10.9. The van der Waals surface area contributed by atoms with Crippen LogP contribution in [-0.2, 0) is 16.6 Å². The zero-order chi connectivity index (χ0) is 15.4. The number of halogens is 3. The fraction of sp³-hybridized carbons (Fsp3) is 0.500. The van der Waals surface area contributed by atoms with Crippen molar-refractivity contribution in [1.82, 2.24) is 4.72 Å². The first-order valence-corrected chi connectivity index (χ1v) is 7.10. The summed E-state index contributed by atoms with van der Waals surface area (Å²) in [4.78, 5) is 10.5. The minimum Gasteiger partial charge on any atom is -0.475 e. The smallest absolute Gasteiger partial charge is 0.389 e. The molecular formula is C10H12F3NO5S. The van der Waals surface area contributed by atoms with Crippen molar-refractivity contribution >= 4 is 16.0 Å². The molecule has 10 heteroatoms. The highest BCUT2D eigenvalue weighted by atomic mass is 32.2. The van der Waals surface area contributed by atoms with E-state index in [2.05, 4.69) is 0 Å². The van der Waals surface area contributed by atoms with Gasteiger partial charge < -0.3 is 9.52 Å². The molecule has 0 bridgehead atoms. The molecule has 0 atom stereocenters. The van der Waals surface area contributed by atoms with Gasteiger partial charge in [0.15, 0.2) is 0 Å². The molecule has 0 unspecified atom stereocenters. The van der Waals surface area contributed by atoms with E-state index in [-0.39, 0.29) is 18.1 Å². The van der Waals surface area contributed by atoms with Crippen LogP contribution >= 0.6 is 0 Å². The summed E-state index contributed by atoms with van der Waals surface area (Å²) >= 11 is 0. The predicted molar refractivity (Wildman–Crippen MR) is 61.6 cm³/mol. The van der Waals surface area contributed by atoms with Crippen LogP contribution in [0, 0.1) is 0 Å². The number of carboxylic acids is 1. The topological polar surface area (TPSA) is 96.6 Å². The first-order chi connectivity index (χ1) is 9.09. The van der Waals surface area contributed by atoms with E-state index in [0.717, 1.165) is 6.07 Å². The molecule has 1 aromatic rings. The Labute approximate surface area is 112 Å². The zero-order valence-electron chi connectivity index (χ0n) is 10.1. The van der Waals surface area contributed by atoms with Crippen LogP contribution in [-0.4, -0.2) is 31.4 Å². The summed E-state index contributed by atoms with van der Waals surface area (Å²) in [6, 6.07) is 2.41. The van der Waals surface area contributed by atoms with Crippen LogP contribution < -0.4 is 4.72 Å². The number of hydrogen-bond donors (Lipinski definition) is 2. The number of hydrogen-bond acceptors (Lipinski definition) is 4. The average molecular weight is 315 g/mol. The summed E-state index contributed by atoms with van der Waals surface area (Å²) in [5.74, 6) is -2.26. The molecule has 0 radical (unpaired) electrons. The Hall–Kier alpha value is -1.55. The van der Waals surface area contributed by atoms with E-state index in [0.29, 0.717) is 0 Å². The first-order valence-electron chi connectivity index (χ1n) is 5.45. The molecule has 0 aliphatic rings. The second kappa shape index (κ2) is 6.27. The molecule has 2 N–H and O–H groups in total. The van der Waals surface area contributed by atoms with Crippen LogP contribution in [0.5, 0.6) is 0 Å². The van der Waals surface area contributed by atoms with Crippen molar-refractivity contribution in [1.29, 1.82) is 0 Å². The lowest BCUT2D eigenvalue weighted by atomic mass is 10.3. The van der Waals surface area contributed by atoms with E-state index in [4.69, 9.17) is 9.52 Å². The molecule has 1 rings (SSSR count). The van der Waals surface area contributed by atoms with Gasteiger partial charge in [0, 0.05) is 6.42 Å². The quantitative estimate of drug-likeness (QED) is 0.799. The van der Waals surface area contributed by atoms with Crippen molar-refractivity contribution < 1.29 is 35.9 Å². The van der Waals surface area contributed by atoms with Crippen LogP contribution in [0.15, 0.2) is 16.5 Å². The molecule has 0 amide bonds. The van der Waals surface area contributed by atoms with Gasteiger partial charge in [0.2, 0.25) is 15.8 Å². The third kappa shape index (κ3) is 6.06. The molecular weight excluding hydrogens is 303 g/mol. The highest BCUT2D eigenvalue weighted by molar-refractivity contribution is 7.89. The molecule has 0 saturated carbocycles. The van der Waals surface area contributed by atoms with Crippen LogP contribution in [0.2, 0.25) is 0 Å². The van der Waals surface area contributed by atoms with Crippen LogP contribution in [0.4, 0.5) is 13.2 Å². The largest absolute Gasteiger partial charge is 0.475 e. The molecule has 114 valence electrons. The van der Waals surface area contributed by atoms with Crippen molar-refractivity contribution in [2.24, 2.45) is 0 Å². The van der Waals surface area contributed by atoms with Gasteiger partial charge in [-0.15, -0.1) is 0 Å². The van der Waals surface area contributed by atoms with Gasteiger partial charge in [-0.1, -0.05) is 0 Å². The maximum absolute atomic E-state index is 11.9. The highest BCUT2D eigenvalue weighted by Gasteiger charge is 2.27. The molecule has 0 spiro atoms. The van der Waals surface area contributed by atoms with Gasteiger partial charge in [0.05, 0.1) is 12.3 Å². The standard InChI is InChI=1S/C10H12F3NO5S/c11-10(12,13)4-1-5-20(17,18)14-6-7-2-3-8(19-7)9(15)16/h2-3,14H,1,4-6H2,(H,15,16). The van der Waals surface area contributed by atoms with E-state index in [1.165, 1.54) is 6.07 Å². The summed E-state index contributed by atoms with van der Waals surface area (Å²) in [6.45, 7) is -0.318. The van der Waals surface area contributed by atoms with E-state index < -0.39 is 40.8 Å². The Morgan fingerprint density at radius 2 is 2.00 bits per heavy atom. The molecule has 0 aromatic carbocycles. The number of furan rings is 1. The van der Waals surface area contributed by atoms with Crippen molar-refractivity contribution in [3.05, 3.63) is 23.7 Å². The van der Waals surface area contributed by atoms with E-state index in [1.54, 1.807) is 0 Å². The Morgan fingerprint density at radius 1 is 1.35 bits per heavy atom. The Bertz CT molecular complexity index is 564. The number of aromatic carboxylic acids is 1. The third-order valence-electron chi connectivity index (χ3n) is 2.21. The number of carbonyl (C=O) groups is 1. The van der Waals surface area contributed by atoms with Crippen molar-refractivity contribution in [2.45, 2.75) is 25.6 Å². The second-order valence-electron chi connectivity index (χ2n) is 3.93. The van der Waals surface area contributed by atoms with Crippen molar-refractivity contribution in [2.75, 3.05) is 5.75 Å². The fourth-order valence-corrected chi connectivity index (χ4v) is 2.33. The molecule has 6 nitrogen and oxygen atoms in total. The lowest BCUT2D eigenvalue weighted by Gasteiger charge is -2.07. The van der Waals surface area contributed by atoms with Crippen LogP contribution in [0.25, 0.3) is 0 Å². The lowest BCUT2D eigenvalue weighted by Crippen LogP contribution is -2.26. The van der Waals surface area contributed by atoms with Crippen LogP contribution in [0.1, 0.15) is 29.2 Å². The molecule has 0 aliphatic heterocycles. The highest BCUT2D eigenvalue weighted by Crippen LogP contribution is 2.21. The summed E-state index contributed by atoms with van der Waals surface area (Å²) in [7, 11) is -3.87. The molecule has 0 fully saturated rings. The second-order valence-corrected chi connectivity index (χ2v) is 5.86. The molecule has 20 heavy (non-hydrogen) atoms. The number of alkyl halides is 3. The van der Waals surface area contributed by atoms with Gasteiger partial charge >= 0.3 is 12.1 Å². The molecule has 1 aromatic heterocycles. The maximum atomic E-state index is 11.9. The van der Waals surface area contributed by atoms with E-state index in [1.807, 2.05) is 4.72 Å². The van der Waals surface area contributed by atoms with Crippen molar-refractivity contribution in [3.8, 4) is 0 Å². The molecule has 0 aliphatic carbocycles. The minimum absolute atomic E-state index is 0.0572. The molecule has 0 saturated heterocycles. The van der Waals surface area contributed by atoms with Gasteiger partial charge in [-0.25, -0.2) is 17.9 Å². The van der Waals surface area contributed by atoms with E-state index >= 15 is 0 Å². The number of carboxylic acid groups (broad SMARTS) is 1. The SMILES string of the molecule is O=C(O)c1ccc(CNS(=O)(=O)CCCC(F)(F)F)o1. The predicted octanol–water partition coefficient (Wildman–Crippen LogP) is 1.74. The van der Waals surface area contributed by atoms with Gasteiger partial charge in [0.25, 0.3) is 0 Å².